The van der Waals surface area contributed by atoms with Crippen molar-refractivity contribution in [2.45, 2.75) is 40.0 Å². The molecule has 4 nitrogen and oxygen atoms in total. The van der Waals surface area contributed by atoms with Gasteiger partial charge in [-0.2, -0.15) is 0 Å². The molecule has 2 N–H and O–H groups in total. The van der Waals surface area contributed by atoms with Gasteiger partial charge >= 0.3 is 0 Å². The zero-order chi connectivity index (χ0) is 23.8. The quantitative estimate of drug-likeness (QED) is 0.239. The van der Waals surface area contributed by atoms with E-state index in [4.69, 9.17) is 11.6 Å². The molecule has 0 radical (unpaired) electrons. The number of rotatable bonds is 4. The molecular weight excluding hydrogens is 567 g/mol. The van der Waals surface area contributed by atoms with Crippen LogP contribution < -0.4 is 5.32 Å². The summed E-state index contributed by atoms with van der Waals surface area (Å²) in [6.07, 6.45) is 4.46. The Kier molecular flexibility index (Phi) is 7.17. The molecule has 0 saturated carbocycles. The third-order valence-electron chi connectivity index (χ3n) is 6.11. The highest BCUT2D eigenvalue weighted by Crippen LogP contribution is 2.45. The van der Waals surface area contributed by atoms with E-state index >= 15 is 0 Å². The lowest BCUT2D eigenvalue weighted by molar-refractivity contribution is 0.102. The fourth-order valence-corrected chi connectivity index (χ4v) is 6.49. The number of fused-ring (bicyclic) bond motifs is 1. The summed E-state index contributed by atoms with van der Waals surface area (Å²) in [4.78, 5) is 19.3. The summed E-state index contributed by atoms with van der Waals surface area (Å²) in [5.74, 6) is 0.544. The average Bonchev–Trinajstić information content (AvgIpc) is 3.13. The molecule has 1 aliphatic rings. The number of amides is 1. The number of carbonyl (C=O) groups is 1. The van der Waals surface area contributed by atoms with Crippen molar-refractivity contribution < 1.29 is 9.90 Å². The number of thiophene rings is 1. The summed E-state index contributed by atoms with van der Waals surface area (Å²) < 4.78 is 0.655. The number of para-hydroxylation sites is 1. The highest BCUT2D eigenvalue weighted by Gasteiger charge is 2.33. The zero-order valence-corrected chi connectivity index (χ0v) is 22.5. The smallest absolute Gasteiger partial charge is 0.259 e. The van der Waals surface area contributed by atoms with E-state index in [0.717, 1.165) is 30.5 Å². The van der Waals surface area contributed by atoms with Crippen molar-refractivity contribution in [1.82, 2.24) is 0 Å². The number of phenols is 1. The lowest BCUT2D eigenvalue weighted by atomic mass is 9.72. The number of nitrogens with zero attached hydrogens (tertiary/aromatic N) is 1. The van der Waals surface area contributed by atoms with Gasteiger partial charge in [0.1, 0.15) is 10.8 Å². The molecule has 172 valence electrons. The second-order valence-corrected chi connectivity index (χ2v) is 12.1. The molecule has 0 bridgehead atoms. The van der Waals surface area contributed by atoms with Gasteiger partial charge in [0, 0.05) is 27.4 Å². The van der Waals surface area contributed by atoms with Crippen LogP contribution in [0.2, 0.25) is 5.02 Å². The monoisotopic (exact) mass is 592 g/mol. The molecule has 1 aromatic heterocycles. The first-order chi connectivity index (χ1) is 15.6. The van der Waals surface area contributed by atoms with Crippen molar-refractivity contribution in [1.29, 1.82) is 0 Å². The summed E-state index contributed by atoms with van der Waals surface area (Å²) >= 11 is 9.80. The van der Waals surface area contributed by atoms with Crippen molar-refractivity contribution in [3.63, 3.8) is 0 Å². The number of anilines is 1. The van der Waals surface area contributed by atoms with Crippen LogP contribution in [0.4, 0.5) is 10.7 Å². The van der Waals surface area contributed by atoms with Crippen LogP contribution in [0.3, 0.4) is 0 Å². The van der Waals surface area contributed by atoms with Gasteiger partial charge in [0.25, 0.3) is 5.91 Å². The number of phenolic OH excluding ortho intramolecular Hbond substituents is 1. The minimum Gasteiger partial charge on any atom is -0.506 e. The number of aliphatic imine (C=N–C) groups is 1. The Labute approximate surface area is 217 Å². The number of hydrogen-bond acceptors (Lipinski definition) is 4. The molecule has 1 aliphatic carbocycles. The van der Waals surface area contributed by atoms with Crippen molar-refractivity contribution in [3.05, 3.63) is 72.6 Å². The Morgan fingerprint density at radius 2 is 2.00 bits per heavy atom. The van der Waals surface area contributed by atoms with Gasteiger partial charge in [-0.1, -0.05) is 50.6 Å². The fraction of sp³-hybridized carbons (Fsp3) is 0.308. The van der Waals surface area contributed by atoms with Gasteiger partial charge in [0.15, 0.2) is 0 Å². The van der Waals surface area contributed by atoms with Gasteiger partial charge in [-0.15, -0.1) is 11.3 Å². The molecular formula is C26H26ClIN2O2S. The maximum atomic E-state index is 13.4. The number of aromatic hydroxyl groups is 1. The SMILES string of the molecule is CC(C)(C)[C@@H]1CCc2c(sc(N=Cc3cc(Cl)cc(I)c3O)c2C(=O)Nc2ccccc2)C1. The van der Waals surface area contributed by atoms with E-state index in [1.807, 2.05) is 52.9 Å². The molecule has 0 saturated heterocycles. The minimum absolute atomic E-state index is 0.133. The van der Waals surface area contributed by atoms with Crippen molar-refractivity contribution in [3.8, 4) is 5.75 Å². The summed E-state index contributed by atoms with van der Waals surface area (Å²) in [5.41, 5.74) is 3.23. The maximum absolute atomic E-state index is 13.4. The molecule has 3 aromatic rings. The molecule has 0 spiro atoms. The van der Waals surface area contributed by atoms with E-state index in [1.165, 1.54) is 4.88 Å². The predicted molar refractivity (Wildman–Crippen MR) is 147 cm³/mol. The summed E-state index contributed by atoms with van der Waals surface area (Å²) in [5, 5.41) is 14.6. The number of halogens is 2. The van der Waals surface area contributed by atoms with Crippen LogP contribution in [-0.4, -0.2) is 17.2 Å². The molecule has 33 heavy (non-hydrogen) atoms. The van der Waals surface area contributed by atoms with Gasteiger partial charge in [-0.05, 0) is 83.0 Å². The molecule has 1 atom stereocenters. The first-order valence-corrected chi connectivity index (χ1v) is 13.1. The number of hydrogen-bond donors (Lipinski definition) is 2. The normalized spacial score (nSPS) is 16.1. The highest BCUT2D eigenvalue weighted by atomic mass is 127. The minimum atomic E-state index is -0.148. The first kappa shape index (κ1) is 24.2. The third-order valence-corrected chi connectivity index (χ3v) is 8.31. The molecule has 7 heteroatoms. The molecule has 2 aromatic carbocycles. The molecule has 4 rings (SSSR count). The average molecular weight is 593 g/mol. The molecule has 1 amide bonds. The third kappa shape index (κ3) is 5.44. The van der Waals surface area contributed by atoms with Crippen LogP contribution in [0.1, 0.15) is 53.6 Å². The lowest BCUT2D eigenvalue weighted by Crippen LogP contribution is -2.27. The van der Waals surface area contributed by atoms with Gasteiger partial charge in [0.2, 0.25) is 0 Å². The van der Waals surface area contributed by atoms with Gasteiger partial charge in [-0.3, -0.25) is 4.79 Å². The number of nitrogens with one attached hydrogen (secondary N) is 1. The maximum Gasteiger partial charge on any atom is 0.259 e. The summed E-state index contributed by atoms with van der Waals surface area (Å²) in [7, 11) is 0. The van der Waals surface area contributed by atoms with Crippen molar-refractivity contribution in [2.75, 3.05) is 5.32 Å². The largest absolute Gasteiger partial charge is 0.506 e. The Morgan fingerprint density at radius 1 is 1.27 bits per heavy atom. The summed E-state index contributed by atoms with van der Waals surface area (Å²) in [6.45, 7) is 6.84. The Morgan fingerprint density at radius 3 is 2.70 bits per heavy atom. The van der Waals surface area contributed by atoms with Crippen molar-refractivity contribution in [2.24, 2.45) is 16.3 Å². The van der Waals surface area contributed by atoms with Crippen LogP contribution in [0.5, 0.6) is 5.75 Å². The number of carbonyl (C=O) groups excluding carboxylic acids is 1. The second kappa shape index (κ2) is 9.76. The van der Waals surface area contributed by atoms with Gasteiger partial charge in [-0.25, -0.2) is 4.99 Å². The Balaban J connectivity index is 1.74. The Bertz CT molecular complexity index is 1220. The number of benzene rings is 2. The molecule has 0 aliphatic heterocycles. The van der Waals surface area contributed by atoms with Crippen LogP contribution >= 0.6 is 45.5 Å². The van der Waals surface area contributed by atoms with E-state index in [0.29, 0.717) is 30.6 Å². The first-order valence-electron chi connectivity index (χ1n) is 10.9. The van der Waals surface area contributed by atoms with E-state index in [2.05, 4.69) is 31.1 Å². The highest BCUT2D eigenvalue weighted by molar-refractivity contribution is 14.1. The summed E-state index contributed by atoms with van der Waals surface area (Å²) in [6, 6.07) is 12.8. The Hall–Kier alpha value is -1.90. The molecule has 1 heterocycles. The standard InChI is InChI=1S/C26H26ClIN2O2S/c1-26(2,3)16-9-10-19-21(12-16)33-25(22(19)24(32)30-18-7-5-4-6-8-18)29-14-15-11-17(27)13-20(28)23(15)31/h4-8,11,13-14,16,31H,9-10,12H2,1-3H3,(H,30,32)/t16-/m1/s1. The fourth-order valence-electron chi connectivity index (χ4n) is 4.16. The lowest BCUT2D eigenvalue weighted by Gasteiger charge is -2.33. The molecule has 0 unspecified atom stereocenters. The topological polar surface area (TPSA) is 61.7 Å². The molecule has 0 fully saturated rings. The van der Waals surface area contributed by atoms with Crippen LogP contribution in [0.25, 0.3) is 0 Å². The van der Waals surface area contributed by atoms with E-state index in [-0.39, 0.29) is 17.1 Å². The van der Waals surface area contributed by atoms with Crippen LogP contribution in [-0.2, 0) is 12.8 Å². The zero-order valence-electron chi connectivity index (χ0n) is 18.8. The van der Waals surface area contributed by atoms with E-state index < -0.39 is 0 Å². The van der Waals surface area contributed by atoms with Crippen molar-refractivity contribution >= 4 is 68.3 Å². The van der Waals surface area contributed by atoms with E-state index in [9.17, 15) is 9.90 Å². The predicted octanol–water partition coefficient (Wildman–Crippen LogP) is 7.87. The van der Waals surface area contributed by atoms with Gasteiger partial charge in [0.05, 0.1) is 9.13 Å². The second-order valence-electron chi connectivity index (χ2n) is 9.39. The van der Waals surface area contributed by atoms with Crippen LogP contribution in [0, 0.1) is 14.9 Å². The van der Waals surface area contributed by atoms with Gasteiger partial charge < -0.3 is 10.4 Å². The van der Waals surface area contributed by atoms with Crippen LogP contribution in [0.15, 0.2) is 47.5 Å². The van der Waals surface area contributed by atoms with E-state index in [1.54, 1.807) is 29.7 Å².